The second kappa shape index (κ2) is 5.45. The molecule has 0 spiro atoms. The number of ether oxygens (including phenoxy) is 1. The van der Waals surface area contributed by atoms with E-state index in [9.17, 15) is 4.79 Å². The summed E-state index contributed by atoms with van der Waals surface area (Å²) < 4.78 is 5.53. The van der Waals surface area contributed by atoms with Gasteiger partial charge < -0.3 is 4.74 Å². The van der Waals surface area contributed by atoms with Crippen LogP contribution in [0.3, 0.4) is 0 Å². The predicted octanol–water partition coefficient (Wildman–Crippen LogP) is 2.42. The molecule has 0 aromatic heterocycles. The first-order valence-corrected chi connectivity index (χ1v) is 7.81. The molecule has 0 radical (unpaired) electrons. The zero-order valence-corrected chi connectivity index (χ0v) is 11.3. The Morgan fingerprint density at radius 1 is 1.33 bits per heavy atom. The van der Waals surface area contributed by atoms with Gasteiger partial charge in [0, 0.05) is 17.9 Å². The van der Waals surface area contributed by atoms with Gasteiger partial charge in [-0.15, -0.1) is 0 Å². The summed E-state index contributed by atoms with van der Waals surface area (Å²) in [5.74, 6) is 2.08. The monoisotopic (exact) mass is 262 g/mol. The molecule has 0 N–H and O–H groups in total. The fourth-order valence-electron chi connectivity index (χ4n) is 2.72. The van der Waals surface area contributed by atoms with E-state index in [-0.39, 0.29) is 11.9 Å². The minimum atomic E-state index is -0.183. The smallest absolute Gasteiger partial charge is 0.166 e. The first-order chi connectivity index (χ1) is 8.83. The minimum absolute atomic E-state index is 0.183. The molecule has 0 amide bonds. The van der Waals surface area contributed by atoms with Crippen LogP contribution in [0, 0.1) is 0 Å². The number of rotatable bonds is 3. The molecule has 1 aliphatic carbocycles. The number of thioether (sulfide) groups is 1. The number of carbonyl (C=O) groups is 1. The maximum absolute atomic E-state index is 12.1. The zero-order valence-electron chi connectivity index (χ0n) is 10.5. The number of aryl methyl sites for hydroxylation is 2. The first-order valence-electron chi connectivity index (χ1n) is 6.66. The lowest BCUT2D eigenvalue weighted by atomic mass is 10.0. The lowest BCUT2D eigenvalue weighted by Gasteiger charge is -2.21. The van der Waals surface area contributed by atoms with Gasteiger partial charge in [0.15, 0.2) is 5.78 Å². The molecule has 3 heteroatoms. The van der Waals surface area contributed by atoms with E-state index in [1.165, 1.54) is 30.4 Å². The quantitative estimate of drug-likeness (QED) is 0.837. The Kier molecular flexibility index (Phi) is 3.71. The van der Waals surface area contributed by atoms with Crippen molar-refractivity contribution in [1.29, 1.82) is 0 Å². The number of hydrogen-bond acceptors (Lipinski definition) is 3. The van der Waals surface area contributed by atoms with E-state index in [1.54, 1.807) is 0 Å². The van der Waals surface area contributed by atoms with Crippen molar-refractivity contribution in [2.75, 3.05) is 18.1 Å². The van der Waals surface area contributed by atoms with Crippen LogP contribution in [-0.4, -0.2) is 30.0 Å². The van der Waals surface area contributed by atoms with Gasteiger partial charge in [-0.1, -0.05) is 18.2 Å². The molecule has 1 aliphatic heterocycles. The molecule has 1 fully saturated rings. The first kappa shape index (κ1) is 12.2. The van der Waals surface area contributed by atoms with Crippen molar-refractivity contribution < 1.29 is 9.53 Å². The van der Waals surface area contributed by atoms with E-state index in [0.717, 1.165) is 17.1 Å². The minimum Gasteiger partial charge on any atom is -0.369 e. The Morgan fingerprint density at radius 2 is 2.22 bits per heavy atom. The lowest BCUT2D eigenvalue weighted by Crippen LogP contribution is -2.32. The molecule has 0 saturated carbocycles. The number of benzene rings is 1. The van der Waals surface area contributed by atoms with Crippen molar-refractivity contribution in [3.8, 4) is 0 Å². The number of carbonyl (C=O) groups excluding carboxylic acids is 1. The molecule has 0 bridgehead atoms. The third-order valence-electron chi connectivity index (χ3n) is 3.72. The number of hydrogen-bond donors (Lipinski definition) is 0. The van der Waals surface area contributed by atoms with Crippen LogP contribution in [0.25, 0.3) is 0 Å². The van der Waals surface area contributed by atoms with Crippen molar-refractivity contribution in [2.45, 2.75) is 31.8 Å². The van der Waals surface area contributed by atoms with Crippen LogP contribution >= 0.6 is 11.8 Å². The molecular weight excluding hydrogens is 244 g/mol. The molecule has 1 heterocycles. The molecule has 1 aromatic carbocycles. The fourth-order valence-corrected chi connectivity index (χ4v) is 3.60. The van der Waals surface area contributed by atoms with Gasteiger partial charge in [-0.3, -0.25) is 4.79 Å². The topological polar surface area (TPSA) is 26.3 Å². The number of ketones is 1. The molecule has 2 aliphatic rings. The highest BCUT2D eigenvalue weighted by Gasteiger charge is 2.22. The van der Waals surface area contributed by atoms with Crippen LogP contribution in [0.2, 0.25) is 0 Å². The highest BCUT2D eigenvalue weighted by molar-refractivity contribution is 7.99. The van der Waals surface area contributed by atoms with Gasteiger partial charge in [-0.25, -0.2) is 0 Å². The molecule has 1 saturated heterocycles. The molecule has 3 rings (SSSR count). The third-order valence-corrected chi connectivity index (χ3v) is 4.71. The Labute approximate surface area is 112 Å². The van der Waals surface area contributed by atoms with Crippen LogP contribution in [-0.2, 0) is 28.8 Å². The summed E-state index contributed by atoms with van der Waals surface area (Å²) in [7, 11) is 0. The van der Waals surface area contributed by atoms with E-state index < -0.39 is 0 Å². The second-order valence-electron chi connectivity index (χ2n) is 5.03. The molecule has 1 atom stereocenters. The maximum atomic E-state index is 12.1. The van der Waals surface area contributed by atoms with E-state index >= 15 is 0 Å². The standard InChI is InChI=1S/C15H18O2S/c16-14(15-10-18-7-6-17-15)9-11-4-5-12-2-1-3-13(12)8-11/h4-5,8,15H,1-3,6-7,9-10H2. The molecule has 1 aromatic rings. The molecule has 1 unspecified atom stereocenters. The van der Waals surface area contributed by atoms with Crippen LogP contribution in [0.1, 0.15) is 23.1 Å². The van der Waals surface area contributed by atoms with Gasteiger partial charge in [0.05, 0.1) is 6.61 Å². The molecule has 2 nitrogen and oxygen atoms in total. The van der Waals surface area contributed by atoms with Crippen molar-refractivity contribution in [1.82, 2.24) is 0 Å². The van der Waals surface area contributed by atoms with Crippen molar-refractivity contribution >= 4 is 17.5 Å². The largest absolute Gasteiger partial charge is 0.369 e. The van der Waals surface area contributed by atoms with E-state index in [0.29, 0.717) is 13.0 Å². The second-order valence-corrected chi connectivity index (χ2v) is 6.18. The summed E-state index contributed by atoms with van der Waals surface area (Å²) in [6, 6.07) is 6.52. The van der Waals surface area contributed by atoms with Crippen LogP contribution in [0.5, 0.6) is 0 Å². The Morgan fingerprint density at radius 3 is 3.06 bits per heavy atom. The van der Waals surface area contributed by atoms with E-state index in [1.807, 2.05) is 11.8 Å². The van der Waals surface area contributed by atoms with Gasteiger partial charge in [0.2, 0.25) is 0 Å². The SMILES string of the molecule is O=C(Cc1ccc2c(c1)CCC2)C1CSCCO1. The molecule has 18 heavy (non-hydrogen) atoms. The van der Waals surface area contributed by atoms with Gasteiger partial charge >= 0.3 is 0 Å². The van der Waals surface area contributed by atoms with Crippen LogP contribution < -0.4 is 0 Å². The Hall–Kier alpha value is -0.800. The van der Waals surface area contributed by atoms with Crippen LogP contribution in [0.4, 0.5) is 0 Å². The number of fused-ring (bicyclic) bond motifs is 1. The zero-order chi connectivity index (χ0) is 12.4. The average Bonchev–Trinajstić information content (AvgIpc) is 2.87. The summed E-state index contributed by atoms with van der Waals surface area (Å²) in [4.78, 5) is 12.1. The molecule has 96 valence electrons. The summed E-state index contributed by atoms with van der Waals surface area (Å²) in [6.07, 6.45) is 3.98. The lowest BCUT2D eigenvalue weighted by molar-refractivity contribution is -0.128. The van der Waals surface area contributed by atoms with Gasteiger partial charge in [-0.05, 0) is 36.0 Å². The summed E-state index contributed by atoms with van der Waals surface area (Å²) >= 11 is 1.82. The number of Topliss-reactive ketones (excluding diaryl/α,β-unsaturated/α-hetero) is 1. The summed E-state index contributed by atoms with van der Waals surface area (Å²) in [5, 5.41) is 0. The predicted molar refractivity (Wildman–Crippen MR) is 74.2 cm³/mol. The fraction of sp³-hybridized carbons (Fsp3) is 0.533. The van der Waals surface area contributed by atoms with Gasteiger partial charge in [-0.2, -0.15) is 11.8 Å². The average molecular weight is 262 g/mol. The summed E-state index contributed by atoms with van der Waals surface area (Å²) in [6.45, 7) is 0.714. The van der Waals surface area contributed by atoms with Gasteiger partial charge in [0.1, 0.15) is 6.10 Å². The summed E-state index contributed by atoms with van der Waals surface area (Å²) in [5.41, 5.74) is 4.06. The van der Waals surface area contributed by atoms with Crippen molar-refractivity contribution in [3.05, 3.63) is 34.9 Å². The normalized spacial score (nSPS) is 22.8. The Bertz CT molecular complexity index is 450. The third kappa shape index (κ3) is 2.62. The highest BCUT2D eigenvalue weighted by Crippen LogP contribution is 2.23. The molecular formula is C15H18O2S. The van der Waals surface area contributed by atoms with Crippen molar-refractivity contribution in [3.63, 3.8) is 0 Å². The van der Waals surface area contributed by atoms with E-state index in [2.05, 4.69) is 18.2 Å². The maximum Gasteiger partial charge on any atom is 0.166 e. The highest BCUT2D eigenvalue weighted by atomic mass is 32.2. The van der Waals surface area contributed by atoms with Crippen LogP contribution in [0.15, 0.2) is 18.2 Å². The van der Waals surface area contributed by atoms with Gasteiger partial charge in [0.25, 0.3) is 0 Å². The van der Waals surface area contributed by atoms with Crippen molar-refractivity contribution in [2.24, 2.45) is 0 Å². The Balaban J connectivity index is 1.66. The van der Waals surface area contributed by atoms with E-state index in [4.69, 9.17) is 4.74 Å².